The predicted octanol–water partition coefficient (Wildman–Crippen LogP) is 2.25. The lowest BCUT2D eigenvalue weighted by Crippen LogP contribution is -2.37. The number of fused-ring (bicyclic) bond motifs is 2. The van der Waals surface area contributed by atoms with Gasteiger partial charge in [0.2, 0.25) is 5.91 Å². The molecule has 30 heavy (non-hydrogen) atoms. The molecule has 0 unspecified atom stereocenters. The zero-order chi connectivity index (χ0) is 21.3. The maximum atomic E-state index is 12.9. The lowest BCUT2D eigenvalue weighted by Gasteiger charge is -2.31. The van der Waals surface area contributed by atoms with E-state index in [1.54, 1.807) is 18.2 Å². The number of para-hydroxylation sites is 1. The first kappa shape index (κ1) is 20.3. The van der Waals surface area contributed by atoms with Crippen LogP contribution in [-0.2, 0) is 20.9 Å². The van der Waals surface area contributed by atoms with Gasteiger partial charge in [-0.3, -0.25) is 19.0 Å². The fraction of sp³-hybridized carbons (Fsp3) is 0.478. The van der Waals surface area contributed by atoms with Crippen molar-refractivity contribution in [2.75, 3.05) is 19.7 Å². The smallest absolute Gasteiger partial charge is 0.309 e. The molecule has 0 bridgehead atoms. The molecule has 7 nitrogen and oxygen atoms in total. The van der Waals surface area contributed by atoms with Crippen LogP contribution in [0.1, 0.15) is 20.3 Å². The van der Waals surface area contributed by atoms with Crippen molar-refractivity contribution >= 4 is 22.8 Å². The van der Waals surface area contributed by atoms with Gasteiger partial charge in [-0.05, 0) is 36.8 Å². The molecular weight excluding hydrogens is 382 g/mol. The lowest BCUT2D eigenvalue weighted by atomic mass is 9.72. The minimum Gasteiger partial charge on any atom is -0.466 e. The molecule has 0 N–H and O–H groups in total. The predicted molar refractivity (Wildman–Crippen MR) is 113 cm³/mol. The van der Waals surface area contributed by atoms with E-state index < -0.39 is 0 Å². The second-order valence-corrected chi connectivity index (χ2v) is 8.16. The number of hydrogen-bond donors (Lipinski definition) is 0. The van der Waals surface area contributed by atoms with Crippen LogP contribution in [0.4, 0.5) is 0 Å². The minimum absolute atomic E-state index is 0.00637. The Labute approximate surface area is 175 Å². The summed E-state index contributed by atoms with van der Waals surface area (Å²) < 4.78 is 6.78. The Bertz CT molecular complexity index is 1040. The highest BCUT2D eigenvalue weighted by Gasteiger charge is 2.45. The number of carbonyl (C=O) groups is 2. The molecule has 1 fully saturated rings. The molecule has 0 radical (unpaired) electrons. The van der Waals surface area contributed by atoms with Crippen molar-refractivity contribution in [3.63, 3.8) is 0 Å². The molecule has 158 valence electrons. The second kappa shape index (κ2) is 8.42. The Kier molecular flexibility index (Phi) is 5.70. The third-order valence-corrected chi connectivity index (χ3v) is 6.31. The molecule has 1 aromatic heterocycles. The molecule has 2 aromatic rings. The summed E-state index contributed by atoms with van der Waals surface area (Å²) in [6.07, 6.45) is 5.93. The summed E-state index contributed by atoms with van der Waals surface area (Å²) in [4.78, 5) is 44.1. The maximum absolute atomic E-state index is 12.9. The number of carbonyl (C=O) groups excluding carboxylic acids is 2. The highest BCUT2D eigenvalue weighted by Crippen LogP contribution is 2.40. The van der Waals surface area contributed by atoms with Crippen molar-refractivity contribution in [3.8, 4) is 0 Å². The standard InChI is InChI=1S/C23H27N3O4/c1-3-30-23(29)21-15(2)8-9-16-12-26(13-18(16)21)20(27)10-11-25-14-24-19-7-5-4-6-17(19)22(25)28/h4-9,14-16,18,21H,3,10-13H2,1-2H3/t15-,16-,18+,21+/m0/s1. The summed E-state index contributed by atoms with van der Waals surface area (Å²) in [5.74, 6) is -0.0455. The molecule has 4 atom stereocenters. The summed E-state index contributed by atoms with van der Waals surface area (Å²) in [5.41, 5.74) is 0.516. The number of likely N-dealkylation sites (tertiary alicyclic amines) is 1. The molecule has 0 saturated carbocycles. The van der Waals surface area contributed by atoms with E-state index in [1.165, 1.54) is 10.9 Å². The Morgan fingerprint density at radius 3 is 2.80 bits per heavy atom. The summed E-state index contributed by atoms with van der Waals surface area (Å²) in [7, 11) is 0. The van der Waals surface area contributed by atoms with Gasteiger partial charge < -0.3 is 9.64 Å². The monoisotopic (exact) mass is 409 g/mol. The first-order chi connectivity index (χ1) is 14.5. The molecule has 2 heterocycles. The van der Waals surface area contributed by atoms with E-state index in [0.717, 1.165) is 0 Å². The number of aryl methyl sites for hydroxylation is 1. The number of amides is 1. The third-order valence-electron chi connectivity index (χ3n) is 6.31. The summed E-state index contributed by atoms with van der Waals surface area (Å²) in [5, 5.41) is 0.552. The van der Waals surface area contributed by atoms with E-state index in [4.69, 9.17) is 4.74 Å². The summed E-state index contributed by atoms with van der Waals surface area (Å²) in [6.45, 7) is 5.64. The molecule has 4 rings (SSSR count). The van der Waals surface area contributed by atoms with Gasteiger partial charge in [-0.15, -0.1) is 0 Å². The number of allylic oxidation sites excluding steroid dienone is 1. The SMILES string of the molecule is CCOC(=O)[C@H]1[C@@H]2CN(C(=O)CCn3cnc4ccccc4c3=O)C[C@@H]2C=C[C@@H]1C. The number of rotatable bonds is 5. The highest BCUT2D eigenvalue weighted by atomic mass is 16.5. The fourth-order valence-electron chi connectivity index (χ4n) is 4.74. The van der Waals surface area contributed by atoms with Gasteiger partial charge in [0.05, 0.1) is 29.8 Å². The topological polar surface area (TPSA) is 81.5 Å². The van der Waals surface area contributed by atoms with Crippen molar-refractivity contribution < 1.29 is 14.3 Å². The number of nitrogens with zero attached hydrogens (tertiary/aromatic N) is 3. The van der Waals surface area contributed by atoms with Crippen LogP contribution in [0.25, 0.3) is 10.9 Å². The first-order valence-corrected chi connectivity index (χ1v) is 10.6. The molecule has 1 saturated heterocycles. The van der Waals surface area contributed by atoms with E-state index in [9.17, 15) is 14.4 Å². The zero-order valence-electron chi connectivity index (χ0n) is 17.4. The molecule has 0 spiro atoms. The third kappa shape index (κ3) is 3.76. The van der Waals surface area contributed by atoms with E-state index in [-0.39, 0.29) is 54.1 Å². The average Bonchev–Trinajstić information content (AvgIpc) is 3.17. The second-order valence-electron chi connectivity index (χ2n) is 8.16. The van der Waals surface area contributed by atoms with Gasteiger partial charge in [-0.25, -0.2) is 4.98 Å². The van der Waals surface area contributed by atoms with Crippen LogP contribution >= 0.6 is 0 Å². The van der Waals surface area contributed by atoms with Crippen molar-refractivity contribution in [2.24, 2.45) is 23.7 Å². The number of hydrogen-bond acceptors (Lipinski definition) is 5. The van der Waals surface area contributed by atoms with E-state index in [0.29, 0.717) is 30.6 Å². The van der Waals surface area contributed by atoms with Gasteiger partial charge in [0, 0.05) is 26.1 Å². The van der Waals surface area contributed by atoms with E-state index >= 15 is 0 Å². The average molecular weight is 409 g/mol. The molecule has 1 aliphatic heterocycles. The van der Waals surface area contributed by atoms with Crippen LogP contribution in [0.2, 0.25) is 0 Å². The van der Waals surface area contributed by atoms with Crippen molar-refractivity contribution in [1.82, 2.24) is 14.5 Å². The molecule has 7 heteroatoms. The van der Waals surface area contributed by atoms with Crippen LogP contribution in [0, 0.1) is 23.7 Å². The Morgan fingerprint density at radius 1 is 1.20 bits per heavy atom. The normalized spacial score (nSPS) is 25.3. The van der Waals surface area contributed by atoms with Gasteiger partial charge in [-0.2, -0.15) is 0 Å². The van der Waals surface area contributed by atoms with Gasteiger partial charge >= 0.3 is 5.97 Å². The highest BCUT2D eigenvalue weighted by molar-refractivity contribution is 5.78. The fourth-order valence-corrected chi connectivity index (χ4v) is 4.74. The quantitative estimate of drug-likeness (QED) is 0.559. The molecule has 1 aliphatic carbocycles. The van der Waals surface area contributed by atoms with Gasteiger partial charge in [0.25, 0.3) is 5.56 Å². The Hall–Kier alpha value is -2.96. The number of aromatic nitrogens is 2. The molecule has 1 amide bonds. The van der Waals surface area contributed by atoms with Gasteiger partial charge in [0.15, 0.2) is 0 Å². The first-order valence-electron chi connectivity index (χ1n) is 10.6. The summed E-state index contributed by atoms with van der Waals surface area (Å²) >= 11 is 0. The van der Waals surface area contributed by atoms with Crippen molar-refractivity contribution in [1.29, 1.82) is 0 Å². The molecule has 1 aromatic carbocycles. The van der Waals surface area contributed by atoms with Crippen LogP contribution in [0.5, 0.6) is 0 Å². The van der Waals surface area contributed by atoms with Crippen molar-refractivity contribution in [3.05, 3.63) is 53.1 Å². The number of ether oxygens (including phenoxy) is 1. The Morgan fingerprint density at radius 2 is 2.00 bits per heavy atom. The van der Waals surface area contributed by atoms with Gasteiger partial charge in [-0.1, -0.05) is 31.2 Å². The van der Waals surface area contributed by atoms with E-state index in [2.05, 4.69) is 17.1 Å². The Balaban J connectivity index is 1.43. The molecule has 2 aliphatic rings. The number of benzene rings is 1. The maximum Gasteiger partial charge on any atom is 0.309 e. The minimum atomic E-state index is -0.218. The van der Waals surface area contributed by atoms with Crippen LogP contribution in [0.3, 0.4) is 0 Å². The van der Waals surface area contributed by atoms with E-state index in [1.807, 2.05) is 24.8 Å². The molecular formula is C23H27N3O4. The largest absolute Gasteiger partial charge is 0.466 e. The zero-order valence-corrected chi connectivity index (χ0v) is 17.4. The lowest BCUT2D eigenvalue weighted by molar-refractivity contribution is -0.152. The number of esters is 1. The summed E-state index contributed by atoms with van der Waals surface area (Å²) in [6, 6.07) is 7.19. The van der Waals surface area contributed by atoms with Crippen LogP contribution < -0.4 is 5.56 Å². The van der Waals surface area contributed by atoms with Gasteiger partial charge in [0.1, 0.15) is 0 Å². The van der Waals surface area contributed by atoms with Crippen LogP contribution in [0.15, 0.2) is 47.5 Å². The van der Waals surface area contributed by atoms with Crippen molar-refractivity contribution in [2.45, 2.75) is 26.8 Å². The van der Waals surface area contributed by atoms with Crippen LogP contribution in [-0.4, -0.2) is 46.0 Å².